The molecule has 1 atom stereocenters. The van der Waals surface area contributed by atoms with E-state index in [0.29, 0.717) is 17.2 Å². The first-order valence-electron chi connectivity index (χ1n) is 6.16. The van der Waals surface area contributed by atoms with Crippen LogP contribution in [0.1, 0.15) is 24.2 Å². The van der Waals surface area contributed by atoms with Gasteiger partial charge in [0.1, 0.15) is 12.4 Å². The molecule has 8 heteroatoms. The van der Waals surface area contributed by atoms with Crippen molar-refractivity contribution >= 4 is 11.9 Å². The van der Waals surface area contributed by atoms with Crippen LogP contribution in [0.4, 0.5) is 5.95 Å². The van der Waals surface area contributed by atoms with E-state index >= 15 is 0 Å². The van der Waals surface area contributed by atoms with E-state index < -0.39 is 11.9 Å². The standard InChI is InChI=1S/C12H15N7O/c1-6-9(11(13)20)10(8-4-15-18(3)7(8)2)19-12(17-6)14-5-16-19/h4-5,10H,1-3H3,(H2,13,20)(H,14,16,17)/t10-/m0/s1. The molecule has 104 valence electrons. The quantitative estimate of drug-likeness (QED) is 0.807. The average Bonchev–Trinajstić information content (AvgIpc) is 2.96. The molecule has 8 nitrogen and oxygen atoms in total. The number of fused-ring (bicyclic) bond motifs is 1. The van der Waals surface area contributed by atoms with E-state index in [9.17, 15) is 4.79 Å². The summed E-state index contributed by atoms with van der Waals surface area (Å²) in [6.45, 7) is 3.74. The van der Waals surface area contributed by atoms with Crippen molar-refractivity contribution < 1.29 is 4.79 Å². The fourth-order valence-electron chi connectivity index (χ4n) is 2.48. The van der Waals surface area contributed by atoms with Crippen molar-refractivity contribution in [2.75, 3.05) is 5.32 Å². The lowest BCUT2D eigenvalue weighted by atomic mass is 9.96. The zero-order valence-electron chi connectivity index (χ0n) is 11.5. The van der Waals surface area contributed by atoms with Gasteiger partial charge < -0.3 is 11.1 Å². The lowest BCUT2D eigenvalue weighted by molar-refractivity contribution is -0.115. The van der Waals surface area contributed by atoms with E-state index in [4.69, 9.17) is 5.73 Å². The van der Waals surface area contributed by atoms with E-state index in [1.165, 1.54) is 6.33 Å². The molecule has 0 saturated carbocycles. The Kier molecular flexibility index (Phi) is 2.60. The first-order chi connectivity index (χ1) is 9.50. The third-order valence-electron chi connectivity index (χ3n) is 3.63. The van der Waals surface area contributed by atoms with Crippen LogP contribution in [0.2, 0.25) is 0 Å². The topological polar surface area (TPSA) is 104 Å². The molecule has 2 aromatic rings. The molecular weight excluding hydrogens is 258 g/mol. The number of hydrogen-bond acceptors (Lipinski definition) is 5. The zero-order chi connectivity index (χ0) is 14.4. The lowest BCUT2D eigenvalue weighted by Gasteiger charge is -2.27. The van der Waals surface area contributed by atoms with Gasteiger partial charge in [-0.1, -0.05) is 0 Å². The van der Waals surface area contributed by atoms with Gasteiger partial charge in [-0.3, -0.25) is 9.48 Å². The Balaban J connectivity index is 2.25. The van der Waals surface area contributed by atoms with Crippen molar-refractivity contribution in [2.24, 2.45) is 12.8 Å². The Morgan fingerprint density at radius 3 is 2.75 bits per heavy atom. The third kappa shape index (κ3) is 1.61. The average molecular weight is 273 g/mol. The van der Waals surface area contributed by atoms with Crippen molar-refractivity contribution in [1.82, 2.24) is 24.5 Å². The minimum Gasteiger partial charge on any atom is -0.366 e. The number of amides is 1. The van der Waals surface area contributed by atoms with Gasteiger partial charge in [0, 0.05) is 24.0 Å². The van der Waals surface area contributed by atoms with E-state index in [2.05, 4.69) is 20.5 Å². The van der Waals surface area contributed by atoms with E-state index in [1.54, 1.807) is 22.5 Å². The molecule has 3 N–H and O–H groups in total. The first kappa shape index (κ1) is 12.4. The molecule has 0 aromatic carbocycles. The summed E-state index contributed by atoms with van der Waals surface area (Å²) in [5.74, 6) is 0.102. The lowest BCUT2D eigenvalue weighted by Crippen LogP contribution is -2.32. The maximum Gasteiger partial charge on any atom is 0.248 e. The third-order valence-corrected chi connectivity index (χ3v) is 3.63. The number of aryl methyl sites for hydroxylation is 1. The van der Waals surface area contributed by atoms with Crippen LogP contribution < -0.4 is 11.1 Å². The highest BCUT2D eigenvalue weighted by molar-refractivity contribution is 5.95. The number of rotatable bonds is 2. The highest BCUT2D eigenvalue weighted by Crippen LogP contribution is 2.35. The van der Waals surface area contributed by atoms with Crippen LogP contribution in [0.25, 0.3) is 0 Å². The van der Waals surface area contributed by atoms with Crippen molar-refractivity contribution in [3.8, 4) is 0 Å². The Morgan fingerprint density at radius 2 is 2.15 bits per heavy atom. The number of aromatic nitrogens is 5. The number of primary amides is 1. The minimum absolute atomic E-state index is 0.403. The normalized spacial score (nSPS) is 17.9. The molecular formula is C12H15N7O. The second-order valence-corrected chi connectivity index (χ2v) is 4.77. The summed E-state index contributed by atoms with van der Waals surface area (Å²) in [4.78, 5) is 16.0. The van der Waals surface area contributed by atoms with E-state index in [1.807, 2.05) is 14.0 Å². The minimum atomic E-state index is -0.482. The summed E-state index contributed by atoms with van der Waals surface area (Å²) in [6, 6.07) is -0.403. The number of carbonyl (C=O) groups is 1. The van der Waals surface area contributed by atoms with Gasteiger partial charge in [0.05, 0.1) is 11.8 Å². The number of allylic oxidation sites excluding steroid dienone is 1. The van der Waals surface area contributed by atoms with Crippen LogP contribution in [0.5, 0.6) is 0 Å². The fraction of sp³-hybridized carbons (Fsp3) is 0.333. The summed E-state index contributed by atoms with van der Waals surface area (Å²) in [5, 5.41) is 11.5. The summed E-state index contributed by atoms with van der Waals surface area (Å²) >= 11 is 0. The molecule has 0 unspecified atom stereocenters. The van der Waals surface area contributed by atoms with Crippen LogP contribution in [-0.2, 0) is 11.8 Å². The number of carbonyl (C=O) groups excluding carboxylic acids is 1. The van der Waals surface area contributed by atoms with Crippen molar-refractivity contribution in [3.05, 3.63) is 35.1 Å². The summed E-state index contributed by atoms with van der Waals surface area (Å²) in [6.07, 6.45) is 3.17. The predicted molar refractivity (Wildman–Crippen MR) is 71.6 cm³/mol. The van der Waals surface area contributed by atoms with Gasteiger partial charge in [0.2, 0.25) is 11.9 Å². The van der Waals surface area contributed by atoms with Crippen LogP contribution >= 0.6 is 0 Å². The Labute approximate surface area is 115 Å². The zero-order valence-corrected chi connectivity index (χ0v) is 11.5. The smallest absolute Gasteiger partial charge is 0.248 e. The van der Waals surface area contributed by atoms with Crippen molar-refractivity contribution in [1.29, 1.82) is 0 Å². The Morgan fingerprint density at radius 1 is 1.40 bits per heavy atom. The molecule has 2 aromatic heterocycles. The van der Waals surface area contributed by atoms with E-state index in [0.717, 1.165) is 11.3 Å². The van der Waals surface area contributed by atoms with Gasteiger partial charge in [-0.2, -0.15) is 15.2 Å². The Bertz CT molecular complexity index is 724. The van der Waals surface area contributed by atoms with Crippen LogP contribution in [0.3, 0.4) is 0 Å². The molecule has 0 spiro atoms. The maximum absolute atomic E-state index is 11.8. The van der Waals surface area contributed by atoms with Gasteiger partial charge in [0.15, 0.2) is 0 Å². The summed E-state index contributed by atoms with van der Waals surface area (Å²) in [5.41, 5.74) is 8.53. The van der Waals surface area contributed by atoms with Gasteiger partial charge in [-0.05, 0) is 13.8 Å². The van der Waals surface area contributed by atoms with Crippen LogP contribution in [0, 0.1) is 6.92 Å². The van der Waals surface area contributed by atoms with Gasteiger partial charge in [0.25, 0.3) is 0 Å². The molecule has 3 heterocycles. The van der Waals surface area contributed by atoms with Crippen LogP contribution in [0.15, 0.2) is 23.8 Å². The number of nitrogens with two attached hydrogens (primary N) is 1. The molecule has 1 aliphatic rings. The first-order valence-corrected chi connectivity index (χ1v) is 6.16. The molecule has 3 rings (SSSR count). The summed E-state index contributed by atoms with van der Waals surface area (Å²) in [7, 11) is 1.85. The highest BCUT2D eigenvalue weighted by atomic mass is 16.1. The molecule has 0 fully saturated rings. The molecule has 0 saturated heterocycles. The van der Waals surface area contributed by atoms with Crippen LogP contribution in [-0.4, -0.2) is 30.5 Å². The largest absolute Gasteiger partial charge is 0.366 e. The number of anilines is 1. The molecule has 1 aliphatic heterocycles. The predicted octanol–water partition coefficient (Wildman–Crippen LogP) is 0.0942. The molecule has 0 bridgehead atoms. The monoisotopic (exact) mass is 273 g/mol. The van der Waals surface area contributed by atoms with Crippen molar-refractivity contribution in [3.63, 3.8) is 0 Å². The van der Waals surface area contributed by atoms with Crippen molar-refractivity contribution in [2.45, 2.75) is 19.9 Å². The fourth-order valence-corrected chi connectivity index (χ4v) is 2.48. The molecule has 20 heavy (non-hydrogen) atoms. The Hall–Kier alpha value is -2.64. The van der Waals surface area contributed by atoms with Gasteiger partial charge in [-0.25, -0.2) is 4.68 Å². The highest BCUT2D eigenvalue weighted by Gasteiger charge is 2.34. The molecule has 1 amide bonds. The maximum atomic E-state index is 11.8. The number of nitrogens with one attached hydrogen (secondary N) is 1. The molecule has 0 aliphatic carbocycles. The summed E-state index contributed by atoms with van der Waals surface area (Å²) < 4.78 is 3.40. The SMILES string of the molecule is CC1=C(C(N)=O)[C@H](c2cnn(C)c2C)n2ncnc2N1. The molecule has 0 radical (unpaired) electrons. The second kappa shape index (κ2) is 4.19. The number of hydrogen-bond donors (Lipinski definition) is 2. The number of nitrogens with zero attached hydrogens (tertiary/aromatic N) is 5. The van der Waals surface area contributed by atoms with Gasteiger partial charge in [-0.15, -0.1) is 0 Å². The van der Waals surface area contributed by atoms with Gasteiger partial charge >= 0.3 is 0 Å². The second-order valence-electron chi connectivity index (χ2n) is 4.77. The van der Waals surface area contributed by atoms with E-state index in [-0.39, 0.29) is 0 Å².